The summed E-state index contributed by atoms with van der Waals surface area (Å²) in [7, 11) is 0. The maximum absolute atomic E-state index is 13.6. The number of carbonyl (C=O) groups excluding carboxylic acids is 1. The maximum atomic E-state index is 13.6. The van der Waals surface area contributed by atoms with Crippen molar-refractivity contribution in [3.63, 3.8) is 0 Å². The van der Waals surface area contributed by atoms with Crippen LogP contribution in [0.15, 0.2) is 55.0 Å². The number of thiazole rings is 1. The van der Waals surface area contributed by atoms with E-state index in [-0.39, 0.29) is 11.6 Å². The second-order valence-corrected chi connectivity index (χ2v) is 10.1. The normalized spacial score (nSPS) is 16.6. The molecule has 0 aliphatic carbocycles. The molecular weight excluding hydrogens is 503 g/mol. The van der Waals surface area contributed by atoms with E-state index in [0.717, 1.165) is 46.4 Å². The SMILES string of the molecule is Cc1ncc(-c2ccnc(NC(=O)N3c4nc(-c5ccnc(C(F)(F)F)c5)ccc4N4CC[C@H]3C4)c2)s1. The van der Waals surface area contributed by atoms with Gasteiger partial charge >= 0.3 is 12.2 Å². The molecule has 1 N–H and O–H groups in total. The van der Waals surface area contributed by atoms with Gasteiger partial charge in [-0.05, 0) is 55.3 Å². The Kier molecular flexibility index (Phi) is 5.55. The summed E-state index contributed by atoms with van der Waals surface area (Å²) in [5, 5.41) is 3.82. The Balaban J connectivity index is 1.33. The van der Waals surface area contributed by atoms with Crippen LogP contribution in [0, 0.1) is 6.92 Å². The van der Waals surface area contributed by atoms with Gasteiger partial charge in [-0.1, -0.05) is 0 Å². The van der Waals surface area contributed by atoms with Crippen molar-refractivity contribution in [1.82, 2.24) is 19.9 Å². The highest BCUT2D eigenvalue weighted by atomic mass is 32.1. The molecule has 1 fully saturated rings. The number of aryl methyl sites for hydroxylation is 1. The topological polar surface area (TPSA) is 87.1 Å². The predicted octanol–water partition coefficient (Wildman–Crippen LogP) is 5.62. The average molecular weight is 524 g/mol. The van der Waals surface area contributed by atoms with E-state index in [1.165, 1.54) is 6.07 Å². The van der Waals surface area contributed by atoms with E-state index < -0.39 is 17.9 Å². The van der Waals surface area contributed by atoms with E-state index >= 15 is 0 Å². The number of rotatable bonds is 3. The van der Waals surface area contributed by atoms with Crippen LogP contribution in [-0.2, 0) is 6.18 Å². The van der Waals surface area contributed by atoms with Gasteiger partial charge in [0, 0.05) is 37.2 Å². The number of nitrogens with zero attached hydrogens (tertiary/aromatic N) is 6. The van der Waals surface area contributed by atoms with Crippen molar-refractivity contribution < 1.29 is 18.0 Å². The Morgan fingerprint density at radius 2 is 1.89 bits per heavy atom. The summed E-state index contributed by atoms with van der Waals surface area (Å²) >= 11 is 1.55. The lowest BCUT2D eigenvalue weighted by Gasteiger charge is -2.35. The highest BCUT2D eigenvalue weighted by molar-refractivity contribution is 7.15. The first kappa shape index (κ1) is 23.3. The van der Waals surface area contributed by atoms with Crippen LogP contribution in [-0.4, -0.2) is 45.1 Å². The van der Waals surface area contributed by atoms with Crippen molar-refractivity contribution in [3.8, 4) is 21.7 Å². The van der Waals surface area contributed by atoms with Gasteiger partial charge in [-0.25, -0.2) is 19.7 Å². The van der Waals surface area contributed by atoms with Gasteiger partial charge in [-0.3, -0.25) is 15.2 Å². The number of amides is 2. The second kappa shape index (κ2) is 8.80. The third-order valence-electron chi connectivity index (χ3n) is 6.42. The summed E-state index contributed by atoms with van der Waals surface area (Å²) in [6.45, 7) is 3.34. The Morgan fingerprint density at radius 1 is 1.08 bits per heavy atom. The first-order valence-corrected chi connectivity index (χ1v) is 12.4. The zero-order chi connectivity index (χ0) is 25.7. The Morgan fingerprint density at radius 3 is 2.68 bits per heavy atom. The van der Waals surface area contributed by atoms with Crippen molar-refractivity contribution in [2.75, 3.05) is 28.2 Å². The largest absolute Gasteiger partial charge is 0.433 e. The van der Waals surface area contributed by atoms with Gasteiger partial charge in [0.1, 0.15) is 11.5 Å². The third-order valence-corrected chi connectivity index (χ3v) is 7.38. The monoisotopic (exact) mass is 523 g/mol. The molecule has 4 aromatic heterocycles. The molecule has 6 rings (SSSR count). The van der Waals surface area contributed by atoms with E-state index in [0.29, 0.717) is 23.9 Å². The van der Waals surface area contributed by atoms with Gasteiger partial charge in [-0.2, -0.15) is 13.2 Å². The molecule has 0 spiro atoms. The molecule has 37 heavy (non-hydrogen) atoms. The van der Waals surface area contributed by atoms with Crippen LogP contribution in [0.25, 0.3) is 21.7 Å². The van der Waals surface area contributed by atoms with Crippen molar-refractivity contribution in [2.24, 2.45) is 0 Å². The van der Waals surface area contributed by atoms with Crippen molar-refractivity contribution >= 4 is 34.7 Å². The molecule has 8 nitrogen and oxygen atoms in total. The second-order valence-electron chi connectivity index (χ2n) is 8.83. The molecule has 0 saturated carbocycles. The zero-order valence-corrected chi connectivity index (χ0v) is 20.3. The number of fused-ring (bicyclic) bond motifs is 4. The smallest absolute Gasteiger partial charge is 0.366 e. The van der Waals surface area contributed by atoms with E-state index in [2.05, 4.69) is 30.2 Å². The molecule has 12 heteroatoms. The summed E-state index contributed by atoms with van der Waals surface area (Å²) in [5.41, 5.74) is 1.26. The standard InChI is InChI=1S/C25H20F3N7OS/c1-14-31-12-20(37-14)16-5-8-30-22(11-16)33-24(36)35-17-6-9-34(13-17)19-3-2-18(32-23(19)35)15-4-7-29-21(10-15)25(26,27)28/h2-5,7-8,10-12,17H,6,9,13H2,1H3,(H,30,33,36)/t17-/m0/s1. The minimum atomic E-state index is -4.57. The molecule has 2 amide bonds. The summed E-state index contributed by atoms with van der Waals surface area (Å²) in [6, 6.07) is 9.04. The maximum Gasteiger partial charge on any atom is 0.433 e. The number of hydrogen-bond acceptors (Lipinski definition) is 7. The fraction of sp³-hybridized carbons (Fsp3) is 0.240. The van der Waals surface area contributed by atoms with Crippen LogP contribution in [0.5, 0.6) is 0 Å². The molecule has 4 aromatic rings. The lowest BCUT2D eigenvalue weighted by molar-refractivity contribution is -0.141. The number of pyridine rings is 3. The number of carbonyl (C=O) groups is 1. The number of aromatic nitrogens is 4. The summed E-state index contributed by atoms with van der Waals surface area (Å²) in [5.74, 6) is 0.791. The molecule has 2 aliphatic rings. The summed E-state index contributed by atoms with van der Waals surface area (Å²) in [4.78, 5) is 34.9. The highest BCUT2D eigenvalue weighted by Crippen LogP contribution is 2.41. The van der Waals surface area contributed by atoms with E-state index in [9.17, 15) is 18.0 Å². The van der Waals surface area contributed by atoms with Crippen LogP contribution >= 0.6 is 11.3 Å². The fourth-order valence-corrected chi connectivity index (χ4v) is 5.47. The zero-order valence-electron chi connectivity index (χ0n) is 19.5. The van der Waals surface area contributed by atoms with E-state index in [1.807, 2.05) is 13.0 Å². The lowest BCUT2D eigenvalue weighted by Crippen LogP contribution is -2.48. The number of anilines is 3. The van der Waals surface area contributed by atoms with Crippen LogP contribution in [0.1, 0.15) is 17.1 Å². The van der Waals surface area contributed by atoms with Gasteiger partial charge in [0.25, 0.3) is 0 Å². The Labute approximate surface area is 213 Å². The molecule has 6 heterocycles. The summed E-state index contributed by atoms with van der Waals surface area (Å²) < 4.78 is 39.7. The number of alkyl halides is 3. The van der Waals surface area contributed by atoms with Crippen LogP contribution in [0.4, 0.5) is 35.3 Å². The van der Waals surface area contributed by atoms with Gasteiger partial charge in [-0.15, -0.1) is 11.3 Å². The number of nitrogens with one attached hydrogen (secondary N) is 1. The molecule has 1 atom stereocenters. The van der Waals surface area contributed by atoms with Crippen molar-refractivity contribution in [3.05, 3.63) is 65.7 Å². The van der Waals surface area contributed by atoms with Crippen molar-refractivity contribution in [1.29, 1.82) is 0 Å². The quantitative estimate of drug-likeness (QED) is 0.375. The molecule has 0 unspecified atom stereocenters. The van der Waals surface area contributed by atoms with Gasteiger partial charge in [0.05, 0.1) is 27.3 Å². The lowest BCUT2D eigenvalue weighted by atomic mass is 10.1. The van der Waals surface area contributed by atoms with Crippen LogP contribution < -0.4 is 15.1 Å². The molecular formula is C25H20F3N7OS. The molecule has 1 saturated heterocycles. The number of hydrogen-bond donors (Lipinski definition) is 1. The first-order chi connectivity index (χ1) is 17.8. The van der Waals surface area contributed by atoms with Gasteiger partial charge < -0.3 is 4.90 Å². The predicted molar refractivity (Wildman–Crippen MR) is 135 cm³/mol. The first-order valence-electron chi connectivity index (χ1n) is 11.5. The molecule has 2 aliphatic heterocycles. The highest BCUT2D eigenvalue weighted by Gasteiger charge is 2.40. The Bertz CT molecular complexity index is 1510. The molecule has 188 valence electrons. The van der Waals surface area contributed by atoms with Crippen LogP contribution in [0.2, 0.25) is 0 Å². The minimum absolute atomic E-state index is 0.120. The molecule has 0 radical (unpaired) electrons. The molecule has 0 aromatic carbocycles. The average Bonchev–Trinajstić information content (AvgIpc) is 3.51. The van der Waals surface area contributed by atoms with Gasteiger partial charge in [0.2, 0.25) is 0 Å². The Hall–Kier alpha value is -4.06. The van der Waals surface area contributed by atoms with E-state index in [4.69, 9.17) is 0 Å². The third kappa shape index (κ3) is 4.37. The summed E-state index contributed by atoms with van der Waals surface area (Å²) in [6.07, 6.45) is 0.698. The van der Waals surface area contributed by atoms with Crippen molar-refractivity contribution in [2.45, 2.75) is 25.6 Å². The fourth-order valence-electron chi connectivity index (χ4n) is 4.69. The van der Waals surface area contributed by atoms with Crippen LogP contribution in [0.3, 0.4) is 0 Å². The molecule has 2 bridgehead atoms. The number of urea groups is 1. The van der Waals surface area contributed by atoms with E-state index in [1.54, 1.807) is 46.8 Å². The van der Waals surface area contributed by atoms with Gasteiger partial charge in [0.15, 0.2) is 5.82 Å². The number of halogens is 3. The minimum Gasteiger partial charge on any atom is -0.366 e.